The standard InChI is InChI=1S/C11H15N7O2/c1-5(2)6-3-7(16-11(13)15-6)14-4-8-17-10(9(12)19)18-20-8/h3,5H,4H2,1-2H3,(H2,12,19)(H3,13,14,15,16). The smallest absolute Gasteiger partial charge is 0.290 e. The molecule has 9 heteroatoms. The quantitative estimate of drug-likeness (QED) is 0.706. The van der Waals surface area contributed by atoms with Crippen LogP contribution < -0.4 is 16.8 Å². The molecule has 0 bridgehead atoms. The van der Waals surface area contributed by atoms with Gasteiger partial charge >= 0.3 is 0 Å². The van der Waals surface area contributed by atoms with Crippen molar-refractivity contribution in [3.63, 3.8) is 0 Å². The van der Waals surface area contributed by atoms with Gasteiger partial charge in [-0.25, -0.2) is 4.98 Å². The summed E-state index contributed by atoms with van der Waals surface area (Å²) in [7, 11) is 0. The van der Waals surface area contributed by atoms with Gasteiger partial charge in [-0.2, -0.15) is 9.97 Å². The minimum Gasteiger partial charge on any atom is -0.368 e. The van der Waals surface area contributed by atoms with Gasteiger partial charge in [0.05, 0.1) is 12.2 Å². The molecule has 0 spiro atoms. The predicted octanol–water partition coefficient (Wildman–Crippen LogP) is 0.276. The molecule has 2 heterocycles. The maximum atomic E-state index is 10.8. The third-order valence-electron chi connectivity index (χ3n) is 2.46. The third kappa shape index (κ3) is 3.19. The molecule has 0 radical (unpaired) electrons. The molecule has 2 rings (SSSR count). The van der Waals surface area contributed by atoms with Gasteiger partial charge in [-0.3, -0.25) is 4.79 Å². The van der Waals surface area contributed by atoms with Gasteiger partial charge < -0.3 is 21.3 Å². The zero-order valence-electron chi connectivity index (χ0n) is 11.1. The van der Waals surface area contributed by atoms with Crippen LogP contribution in [0.2, 0.25) is 0 Å². The van der Waals surface area contributed by atoms with Crippen molar-refractivity contribution in [3.8, 4) is 0 Å². The Morgan fingerprint density at radius 1 is 1.40 bits per heavy atom. The summed E-state index contributed by atoms with van der Waals surface area (Å²) in [5, 5.41) is 6.40. The first kappa shape index (κ1) is 13.7. The van der Waals surface area contributed by atoms with Crippen molar-refractivity contribution in [2.75, 3.05) is 11.1 Å². The molecule has 2 aromatic rings. The lowest BCUT2D eigenvalue weighted by Crippen LogP contribution is -2.13. The highest BCUT2D eigenvalue weighted by molar-refractivity contribution is 5.88. The third-order valence-corrected chi connectivity index (χ3v) is 2.46. The van der Waals surface area contributed by atoms with E-state index in [1.165, 1.54) is 0 Å². The Hall–Kier alpha value is -2.71. The van der Waals surface area contributed by atoms with E-state index in [-0.39, 0.29) is 30.1 Å². The van der Waals surface area contributed by atoms with E-state index in [0.717, 1.165) is 5.69 Å². The lowest BCUT2D eigenvalue weighted by atomic mass is 10.1. The summed E-state index contributed by atoms with van der Waals surface area (Å²) in [6, 6.07) is 1.78. The van der Waals surface area contributed by atoms with Gasteiger partial charge in [0.1, 0.15) is 5.82 Å². The number of aromatic nitrogens is 4. The van der Waals surface area contributed by atoms with E-state index in [1.807, 2.05) is 13.8 Å². The van der Waals surface area contributed by atoms with Crippen LogP contribution in [0.4, 0.5) is 11.8 Å². The summed E-state index contributed by atoms with van der Waals surface area (Å²) < 4.78 is 4.86. The molecule has 0 aliphatic rings. The second-order valence-electron chi connectivity index (χ2n) is 4.42. The summed E-state index contributed by atoms with van der Waals surface area (Å²) in [6.07, 6.45) is 0. The summed E-state index contributed by atoms with van der Waals surface area (Å²) in [4.78, 5) is 22.8. The molecule has 106 valence electrons. The molecule has 0 fully saturated rings. The van der Waals surface area contributed by atoms with E-state index in [1.54, 1.807) is 6.07 Å². The number of hydrogen-bond acceptors (Lipinski definition) is 8. The van der Waals surface area contributed by atoms with E-state index in [9.17, 15) is 4.79 Å². The average molecular weight is 277 g/mol. The zero-order chi connectivity index (χ0) is 14.7. The van der Waals surface area contributed by atoms with Crippen molar-refractivity contribution in [2.24, 2.45) is 5.73 Å². The maximum Gasteiger partial charge on any atom is 0.290 e. The summed E-state index contributed by atoms with van der Waals surface area (Å²) in [6.45, 7) is 4.21. The first-order valence-electron chi connectivity index (χ1n) is 5.96. The molecule has 9 nitrogen and oxygen atoms in total. The maximum absolute atomic E-state index is 10.8. The van der Waals surface area contributed by atoms with Gasteiger partial charge in [-0.05, 0) is 5.92 Å². The van der Waals surface area contributed by atoms with Crippen molar-refractivity contribution in [2.45, 2.75) is 26.3 Å². The van der Waals surface area contributed by atoms with Crippen molar-refractivity contribution >= 4 is 17.7 Å². The minimum absolute atomic E-state index is 0.160. The van der Waals surface area contributed by atoms with E-state index in [4.69, 9.17) is 16.0 Å². The van der Waals surface area contributed by atoms with Gasteiger partial charge in [0, 0.05) is 6.07 Å². The van der Waals surface area contributed by atoms with Crippen molar-refractivity contribution < 1.29 is 9.32 Å². The fourth-order valence-electron chi connectivity index (χ4n) is 1.46. The lowest BCUT2D eigenvalue weighted by molar-refractivity contribution is 0.0987. The van der Waals surface area contributed by atoms with Crippen molar-refractivity contribution in [1.29, 1.82) is 0 Å². The molecule has 0 aromatic carbocycles. The van der Waals surface area contributed by atoms with Crippen LogP contribution in [0.5, 0.6) is 0 Å². The molecule has 0 aliphatic heterocycles. The Morgan fingerprint density at radius 3 is 2.75 bits per heavy atom. The monoisotopic (exact) mass is 277 g/mol. The minimum atomic E-state index is -0.742. The number of anilines is 2. The molecule has 0 aliphatic carbocycles. The van der Waals surface area contributed by atoms with Crippen LogP contribution in [0.3, 0.4) is 0 Å². The fourth-order valence-corrected chi connectivity index (χ4v) is 1.46. The van der Waals surface area contributed by atoms with Gasteiger partial charge in [0.25, 0.3) is 11.7 Å². The van der Waals surface area contributed by atoms with Crippen LogP contribution in [0.15, 0.2) is 10.6 Å². The average Bonchev–Trinajstić information content (AvgIpc) is 2.84. The number of hydrogen-bond donors (Lipinski definition) is 3. The number of carbonyl (C=O) groups excluding carboxylic acids is 1. The topological polar surface area (TPSA) is 146 Å². The van der Waals surface area contributed by atoms with E-state index in [2.05, 4.69) is 25.4 Å². The Kier molecular flexibility index (Phi) is 3.78. The number of nitrogens with one attached hydrogen (secondary N) is 1. The fraction of sp³-hybridized carbons (Fsp3) is 0.364. The van der Waals surface area contributed by atoms with Crippen molar-refractivity contribution in [3.05, 3.63) is 23.5 Å². The Morgan fingerprint density at radius 2 is 2.15 bits per heavy atom. The molecule has 0 atom stereocenters. The highest BCUT2D eigenvalue weighted by Crippen LogP contribution is 2.16. The summed E-state index contributed by atoms with van der Waals surface area (Å²) in [5.74, 6) is 0.273. The Labute approximate surface area is 114 Å². The summed E-state index contributed by atoms with van der Waals surface area (Å²) >= 11 is 0. The van der Waals surface area contributed by atoms with Gasteiger partial charge in [-0.15, -0.1) is 0 Å². The molecule has 0 saturated heterocycles. The molecule has 20 heavy (non-hydrogen) atoms. The summed E-state index contributed by atoms with van der Waals surface area (Å²) in [5.41, 5.74) is 11.5. The van der Waals surface area contributed by atoms with Crippen molar-refractivity contribution in [1.82, 2.24) is 20.1 Å². The molecular weight excluding hydrogens is 262 g/mol. The van der Waals surface area contributed by atoms with Crippen LogP contribution in [0, 0.1) is 0 Å². The molecular formula is C11H15N7O2. The van der Waals surface area contributed by atoms with Gasteiger partial charge in [0.2, 0.25) is 11.8 Å². The first-order valence-corrected chi connectivity index (χ1v) is 5.96. The molecule has 0 unspecified atom stereocenters. The van der Waals surface area contributed by atoms with Crippen LogP contribution in [0.1, 0.15) is 42.0 Å². The number of primary amides is 1. The van der Waals surface area contributed by atoms with Crippen LogP contribution in [-0.4, -0.2) is 26.0 Å². The largest absolute Gasteiger partial charge is 0.368 e. The van der Waals surface area contributed by atoms with Crippen LogP contribution >= 0.6 is 0 Å². The normalized spacial score (nSPS) is 10.8. The second kappa shape index (κ2) is 5.51. The van der Waals surface area contributed by atoms with Gasteiger partial charge in [-0.1, -0.05) is 19.0 Å². The number of nitrogens with zero attached hydrogens (tertiary/aromatic N) is 4. The molecule has 5 N–H and O–H groups in total. The molecule has 0 saturated carbocycles. The highest BCUT2D eigenvalue weighted by atomic mass is 16.5. The van der Waals surface area contributed by atoms with Crippen LogP contribution in [-0.2, 0) is 6.54 Å². The predicted molar refractivity (Wildman–Crippen MR) is 70.7 cm³/mol. The second-order valence-corrected chi connectivity index (χ2v) is 4.42. The Balaban J connectivity index is 2.08. The number of rotatable bonds is 5. The SMILES string of the molecule is CC(C)c1cc(NCc2nc(C(N)=O)no2)nc(N)n1. The lowest BCUT2D eigenvalue weighted by Gasteiger charge is -2.08. The van der Waals surface area contributed by atoms with Crippen LogP contribution in [0.25, 0.3) is 0 Å². The number of amides is 1. The number of nitrogen functional groups attached to an aromatic ring is 1. The van der Waals surface area contributed by atoms with Gasteiger partial charge in [0.15, 0.2) is 0 Å². The Bertz CT molecular complexity index is 623. The molecule has 1 amide bonds. The van der Waals surface area contributed by atoms with E-state index < -0.39 is 5.91 Å². The number of carbonyl (C=O) groups is 1. The highest BCUT2D eigenvalue weighted by Gasteiger charge is 2.11. The first-order chi connectivity index (χ1) is 9.45. The molecule has 2 aromatic heterocycles. The zero-order valence-corrected chi connectivity index (χ0v) is 11.1. The number of nitrogens with two attached hydrogens (primary N) is 2. The van der Waals surface area contributed by atoms with E-state index in [0.29, 0.717) is 5.82 Å². The van der Waals surface area contributed by atoms with E-state index >= 15 is 0 Å².